The first-order valence-electron chi connectivity index (χ1n) is 3.80. The van der Waals surface area contributed by atoms with Gasteiger partial charge in [-0.05, 0) is 6.07 Å². The third-order valence-corrected chi connectivity index (χ3v) is 2.36. The molecule has 1 rings (SSSR count). The molecule has 1 aromatic carbocycles. The standard InChI is InChI=1S/C9H9BrF2O2/c1-13-8-6(11)3-5(4-10)7(12)9(8)14-2/h3H,4H2,1-2H3. The van der Waals surface area contributed by atoms with Gasteiger partial charge in [-0.2, -0.15) is 0 Å². The summed E-state index contributed by atoms with van der Waals surface area (Å²) in [6.07, 6.45) is 0. The Labute approximate surface area is 89.0 Å². The summed E-state index contributed by atoms with van der Waals surface area (Å²) < 4.78 is 36.2. The lowest BCUT2D eigenvalue weighted by Crippen LogP contribution is -2.00. The van der Waals surface area contributed by atoms with E-state index in [1.54, 1.807) is 0 Å². The highest BCUT2D eigenvalue weighted by atomic mass is 79.9. The van der Waals surface area contributed by atoms with E-state index in [-0.39, 0.29) is 22.4 Å². The molecule has 0 saturated heterocycles. The second-order valence-corrected chi connectivity index (χ2v) is 3.09. The van der Waals surface area contributed by atoms with E-state index in [2.05, 4.69) is 15.9 Å². The minimum Gasteiger partial charge on any atom is -0.490 e. The molecule has 0 unspecified atom stereocenters. The Balaban J connectivity index is 3.40. The molecule has 0 aromatic heterocycles. The molecule has 2 nitrogen and oxygen atoms in total. The summed E-state index contributed by atoms with van der Waals surface area (Å²) in [5.74, 6) is -1.67. The Hall–Kier alpha value is -0.840. The Kier molecular flexibility index (Phi) is 3.69. The number of rotatable bonds is 3. The van der Waals surface area contributed by atoms with Crippen molar-refractivity contribution in [2.45, 2.75) is 5.33 Å². The summed E-state index contributed by atoms with van der Waals surface area (Å²) >= 11 is 3.05. The number of alkyl halides is 1. The average molecular weight is 267 g/mol. The quantitative estimate of drug-likeness (QED) is 0.784. The normalized spacial score (nSPS) is 10.1. The fraction of sp³-hybridized carbons (Fsp3) is 0.333. The number of halogens is 3. The van der Waals surface area contributed by atoms with Crippen LogP contribution in [0.4, 0.5) is 8.78 Å². The van der Waals surface area contributed by atoms with Crippen LogP contribution in [0.5, 0.6) is 11.5 Å². The van der Waals surface area contributed by atoms with Crippen LogP contribution in [-0.2, 0) is 5.33 Å². The van der Waals surface area contributed by atoms with Gasteiger partial charge < -0.3 is 9.47 Å². The molecule has 0 heterocycles. The van der Waals surface area contributed by atoms with E-state index in [0.29, 0.717) is 0 Å². The Morgan fingerprint density at radius 1 is 1.21 bits per heavy atom. The van der Waals surface area contributed by atoms with Gasteiger partial charge in [0.2, 0.25) is 0 Å². The van der Waals surface area contributed by atoms with Crippen LogP contribution in [0.2, 0.25) is 0 Å². The first kappa shape index (κ1) is 11.2. The first-order valence-corrected chi connectivity index (χ1v) is 4.92. The summed E-state index contributed by atoms with van der Waals surface area (Å²) in [7, 11) is 2.52. The average Bonchev–Trinajstić information content (AvgIpc) is 2.20. The monoisotopic (exact) mass is 266 g/mol. The van der Waals surface area contributed by atoms with Crippen LogP contribution in [0, 0.1) is 11.6 Å². The SMILES string of the molecule is COc1c(F)cc(CBr)c(F)c1OC. The molecule has 1 aromatic rings. The van der Waals surface area contributed by atoms with Crippen molar-refractivity contribution in [1.82, 2.24) is 0 Å². The lowest BCUT2D eigenvalue weighted by molar-refractivity contribution is 0.321. The van der Waals surface area contributed by atoms with Gasteiger partial charge in [-0.1, -0.05) is 15.9 Å². The zero-order valence-corrected chi connectivity index (χ0v) is 9.32. The second kappa shape index (κ2) is 4.59. The lowest BCUT2D eigenvalue weighted by atomic mass is 10.2. The van der Waals surface area contributed by atoms with E-state index in [4.69, 9.17) is 9.47 Å². The van der Waals surface area contributed by atoms with E-state index >= 15 is 0 Å². The molecule has 0 aliphatic rings. The fourth-order valence-corrected chi connectivity index (χ4v) is 1.51. The number of hydrogen-bond donors (Lipinski definition) is 0. The summed E-state index contributed by atoms with van der Waals surface area (Å²) in [5, 5.41) is 0.218. The number of hydrogen-bond acceptors (Lipinski definition) is 2. The molecule has 0 N–H and O–H groups in total. The molecule has 5 heteroatoms. The zero-order chi connectivity index (χ0) is 10.7. The van der Waals surface area contributed by atoms with Gasteiger partial charge in [0.15, 0.2) is 23.1 Å². The molecule has 0 fully saturated rings. The molecular formula is C9H9BrF2O2. The number of ether oxygens (including phenoxy) is 2. The number of methoxy groups -OCH3 is 2. The highest BCUT2D eigenvalue weighted by Gasteiger charge is 2.19. The predicted octanol–water partition coefficient (Wildman–Crippen LogP) is 2.88. The van der Waals surface area contributed by atoms with Crippen molar-refractivity contribution in [3.63, 3.8) is 0 Å². The summed E-state index contributed by atoms with van der Waals surface area (Å²) in [4.78, 5) is 0. The highest BCUT2D eigenvalue weighted by Crippen LogP contribution is 2.35. The van der Waals surface area contributed by atoms with Crippen molar-refractivity contribution in [3.05, 3.63) is 23.3 Å². The van der Waals surface area contributed by atoms with Gasteiger partial charge >= 0.3 is 0 Å². The molecule has 0 aliphatic carbocycles. The first-order chi connectivity index (χ1) is 6.65. The maximum Gasteiger partial charge on any atom is 0.200 e. The lowest BCUT2D eigenvalue weighted by Gasteiger charge is -2.11. The van der Waals surface area contributed by atoms with Crippen molar-refractivity contribution < 1.29 is 18.3 Å². The van der Waals surface area contributed by atoms with Gasteiger partial charge in [-0.3, -0.25) is 0 Å². The van der Waals surface area contributed by atoms with Crippen molar-refractivity contribution in [2.24, 2.45) is 0 Å². The number of benzene rings is 1. The topological polar surface area (TPSA) is 18.5 Å². The van der Waals surface area contributed by atoms with Crippen molar-refractivity contribution >= 4 is 15.9 Å². The van der Waals surface area contributed by atoms with E-state index in [0.717, 1.165) is 6.07 Å². The van der Waals surface area contributed by atoms with Gasteiger partial charge in [0, 0.05) is 10.9 Å². The van der Waals surface area contributed by atoms with Gasteiger partial charge in [0.1, 0.15) is 0 Å². The van der Waals surface area contributed by atoms with Crippen LogP contribution in [0.1, 0.15) is 5.56 Å². The van der Waals surface area contributed by atoms with Gasteiger partial charge in [-0.15, -0.1) is 0 Å². The molecule has 0 saturated carbocycles. The predicted molar refractivity (Wildman–Crippen MR) is 52.1 cm³/mol. The summed E-state index contributed by atoms with van der Waals surface area (Å²) in [6, 6.07) is 1.07. The molecular weight excluding hydrogens is 258 g/mol. The summed E-state index contributed by atoms with van der Waals surface area (Å²) in [6.45, 7) is 0. The van der Waals surface area contributed by atoms with Crippen LogP contribution in [0.3, 0.4) is 0 Å². The molecule has 0 bridgehead atoms. The van der Waals surface area contributed by atoms with Gasteiger partial charge in [0.25, 0.3) is 0 Å². The summed E-state index contributed by atoms with van der Waals surface area (Å²) in [5.41, 5.74) is 0.195. The van der Waals surface area contributed by atoms with E-state index in [1.165, 1.54) is 14.2 Å². The molecule has 0 radical (unpaired) electrons. The third-order valence-electron chi connectivity index (χ3n) is 1.76. The van der Waals surface area contributed by atoms with Crippen molar-refractivity contribution in [1.29, 1.82) is 0 Å². The molecule has 0 amide bonds. The second-order valence-electron chi connectivity index (χ2n) is 2.53. The highest BCUT2D eigenvalue weighted by molar-refractivity contribution is 9.08. The zero-order valence-electron chi connectivity index (χ0n) is 7.73. The Bertz CT molecular complexity index is 342. The molecule has 14 heavy (non-hydrogen) atoms. The fourth-order valence-electron chi connectivity index (χ4n) is 1.11. The van der Waals surface area contributed by atoms with E-state index in [1.807, 2.05) is 0 Å². The smallest absolute Gasteiger partial charge is 0.200 e. The third kappa shape index (κ3) is 1.82. The largest absolute Gasteiger partial charge is 0.490 e. The Morgan fingerprint density at radius 2 is 1.79 bits per heavy atom. The van der Waals surface area contributed by atoms with E-state index < -0.39 is 11.6 Å². The van der Waals surface area contributed by atoms with Gasteiger partial charge in [-0.25, -0.2) is 8.78 Å². The maximum atomic E-state index is 13.5. The maximum absolute atomic E-state index is 13.5. The van der Waals surface area contributed by atoms with Crippen LogP contribution in [0.15, 0.2) is 6.07 Å². The molecule has 78 valence electrons. The van der Waals surface area contributed by atoms with Crippen LogP contribution in [-0.4, -0.2) is 14.2 Å². The van der Waals surface area contributed by atoms with Crippen molar-refractivity contribution in [3.8, 4) is 11.5 Å². The van der Waals surface area contributed by atoms with E-state index in [9.17, 15) is 8.78 Å². The minimum absolute atomic E-state index is 0.195. The van der Waals surface area contributed by atoms with Crippen molar-refractivity contribution in [2.75, 3.05) is 14.2 Å². The molecule has 0 spiro atoms. The van der Waals surface area contributed by atoms with Crippen LogP contribution >= 0.6 is 15.9 Å². The Morgan fingerprint density at radius 3 is 2.21 bits per heavy atom. The molecule has 0 aliphatic heterocycles. The molecule has 0 atom stereocenters. The minimum atomic E-state index is -0.639. The van der Waals surface area contributed by atoms with Gasteiger partial charge in [0.05, 0.1) is 14.2 Å². The van der Waals surface area contributed by atoms with Crippen LogP contribution in [0.25, 0.3) is 0 Å². The van der Waals surface area contributed by atoms with Crippen LogP contribution < -0.4 is 9.47 Å².